The minimum absolute atomic E-state index is 0.149. The van der Waals surface area contributed by atoms with Crippen LogP contribution in [0.3, 0.4) is 0 Å². The van der Waals surface area contributed by atoms with Gasteiger partial charge in [-0.3, -0.25) is 0 Å². The molecule has 5 nitrogen and oxygen atoms in total. The molecule has 1 aromatic carbocycles. The van der Waals surface area contributed by atoms with Crippen molar-refractivity contribution in [3.05, 3.63) is 35.4 Å². The molecule has 0 bridgehead atoms. The molecule has 0 atom stereocenters. The lowest BCUT2D eigenvalue weighted by Gasteiger charge is -2.14. The second-order valence-corrected chi connectivity index (χ2v) is 5.72. The van der Waals surface area contributed by atoms with Gasteiger partial charge in [-0.2, -0.15) is 0 Å². The van der Waals surface area contributed by atoms with Crippen LogP contribution in [0.5, 0.6) is 0 Å². The van der Waals surface area contributed by atoms with Gasteiger partial charge >= 0.3 is 12.0 Å². The topological polar surface area (TPSA) is 78.4 Å². The molecule has 114 valence electrons. The molecule has 1 aliphatic carbocycles. The van der Waals surface area contributed by atoms with Gasteiger partial charge in [0.1, 0.15) is 0 Å². The van der Waals surface area contributed by atoms with Gasteiger partial charge in [0.15, 0.2) is 0 Å². The van der Waals surface area contributed by atoms with Gasteiger partial charge in [-0.05, 0) is 48.8 Å². The Morgan fingerprint density at radius 1 is 1.29 bits per heavy atom. The van der Waals surface area contributed by atoms with Gasteiger partial charge in [0.2, 0.25) is 0 Å². The molecule has 3 N–H and O–H groups in total. The molecule has 1 fully saturated rings. The molecule has 0 spiro atoms. The fraction of sp³-hybridized carbons (Fsp3) is 0.500. The molecule has 0 saturated heterocycles. The molecule has 1 aromatic rings. The maximum atomic E-state index is 11.7. The van der Waals surface area contributed by atoms with E-state index in [-0.39, 0.29) is 11.6 Å². The van der Waals surface area contributed by atoms with Crippen LogP contribution in [-0.2, 0) is 6.42 Å². The summed E-state index contributed by atoms with van der Waals surface area (Å²) in [6, 6.07) is 6.63. The summed E-state index contributed by atoms with van der Waals surface area (Å²) in [7, 11) is 0. The van der Waals surface area contributed by atoms with Crippen molar-refractivity contribution in [2.75, 3.05) is 13.1 Å². The summed E-state index contributed by atoms with van der Waals surface area (Å²) in [5.74, 6) is -0.933. The number of urea groups is 1. The molecule has 0 unspecified atom stereocenters. The summed E-state index contributed by atoms with van der Waals surface area (Å²) in [5.41, 5.74) is 1.52. The summed E-state index contributed by atoms with van der Waals surface area (Å²) in [6.45, 7) is 3.39. The highest BCUT2D eigenvalue weighted by molar-refractivity contribution is 5.87. The van der Waals surface area contributed by atoms with Crippen LogP contribution >= 0.6 is 0 Å². The zero-order valence-electron chi connectivity index (χ0n) is 12.3. The van der Waals surface area contributed by atoms with Crippen LogP contribution in [0.2, 0.25) is 0 Å². The number of hydrogen-bond donors (Lipinski definition) is 3. The van der Waals surface area contributed by atoms with Crippen molar-refractivity contribution in [1.29, 1.82) is 0 Å². The van der Waals surface area contributed by atoms with Gasteiger partial charge in [0, 0.05) is 13.1 Å². The summed E-state index contributed by atoms with van der Waals surface area (Å²) in [6.07, 6.45) is 4.13. The van der Waals surface area contributed by atoms with Gasteiger partial charge in [0.05, 0.1) is 5.56 Å². The third kappa shape index (κ3) is 4.48. The predicted molar refractivity (Wildman–Crippen MR) is 80.5 cm³/mol. The number of benzene rings is 1. The van der Waals surface area contributed by atoms with Crippen LogP contribution in [0.25, 0.3) is 0 Å². The van der Waals surface area contributed by atoms with Gasteiger partial charge in [-0.1, -0.05) is 19.1 Å². The Balaban J connectivity index is 1.70. The SMILES string of the molecule is CCC1(CNC(=O)NCCc2cccc(C(=O)O)c2)CC1. The van der Waals surface area contributed by atoms with E-state index < -0.39 is 5.97 Å². The summed E-state index contributed by atoms with van der Waals surface area (Å²) >= 11 is 0. The minimum Gasteiger partial charge on any atom is -0.478 e. The second kappa shape index (κ2) is 6.61. The van der Waals surface area contributed by atoms with Crippen molar-refractivity contribution in [2.45, 2.75) is 32.6 Å². The van der Waals surface area contributed by atoms with E-state index in [1.807, 2.05) is 6.07 Å². The highest BCUT2D eigenvalue weighted by Crippen LogP contribution is 2.47. The number of amides is 2. The molecule has 0 aromatic heterocycles. The standard InChI is InChI=1S/C16H22N2O3/c1-2-16(7-8-16)11-18-15(21)17-9-6-12-4-3-5-13(10-12)14(19)20/h3-5,10H,2,6-9,11H2,1H3,(H,19,20)(H2,17,18,21). The first-order chi connectivity index (χ1) is 10.0. The van der Waals surface area contributed by atoms with Crippen molar-refractivity contribution < 1.29 is 14.7 Å². The van der Waals surface area contributed by atoms with Gasteiger partial charge < -0.3 is 15.7 Å². The molecule has 0 heterocycles. The second-order valence-electron chi connectivity index (χ2n) is 5.72. The van der Waals surface area contributed by atoms with E-state index >= 15 is 0 Å². The Morgan fingerprint density at radius 3 is 2.67 bits per heavy atom. The Morgan fingerprint density at radius 2 is 2.05 bits per heavy atom. The number of carbonyl (C=O) groups is 2. The maximum absolute atomic E-state index is 11.7. The van der Waals surface area contributed by atoms with E-state index in [1.165, 1.54) is 12.8 Å². The molecule has 1 saturated carbocycles. The van der Waals surface area contributed by atoms with Crippen molar-refractivity contribution in [2.24, 2.45) is 5.41 Å². The van der Waals surface area contributed by atoms with Crippen molar-refractivity contribution in [3.8, 4) is 0 Å². The fourth-order valence-electron chi connectivity index (χ4n) is 2.34. The average Bonchev–Trinajstić information content (AvgIpc) is 3.26. The zero-order chi connectivity index (χ0) is 15.3. The summed E-state index contributed by atoms with van der Waals surface area (Å²) < 4.78 is 0. The first kappa shape index (κ1) is 15.4. The van der Waals surface area contributed by atoms with E-state index in [4.69, 9.17) is 5.11 Å². The maximum Gasteiger partial charge on any atom is 0.335 e. The molecule has 0 aliphatic heterocycles. The van der Waals surface area contributed by atoms with Crippen LogP contribution in [-0.4, -0.2) is 30.2 Å². The summed E-state index contributed by atoms with van der Waals surface area (Å²) in [4.78, 5) is 22.6. The molecule has 0 radical (unpaired) electrons. The Kier molecular flexibility index (Phi) is 4.83. The third-order valence-corrected chi connectivity index (χ3v) is 4.20. The highest BCUT2D eigenvalue weighted by Gasteiger charge is 2.40. The number of carboxylic acid groups (broad SMARTS) is 1. The van der Waals surface area contributed by atoms with E-state index in [9.17, 15) is 9.59 Å². The van der Waals surface area contributed by atoms with Crippen LogP contribution in [0.4, 0.5) is 4.79 Å². The number of nitrogens with one attached hydrogen (secondary N) is 2. The van der Waals surface area contributed by atoms with E-state index in [0.29, 0.717) is 18.4 Å². The highest BCUT2D eigenvalue weighted by atomic mass is 16.4. The quantitative estimate of drug-likeness (QED) is 0.721. The Hall–Kier alpha value is -2.04. The van der Waals surface area contributed by atoms with Crippen molar-refractivity contribution in [3.63, 3.8) is 0 Å². The Labute approximate surface area is 124 Å². The first-order valence-corrected chi connectivity index (χ1v) is 7.39. The lowest BCUT2D eigenvalue weighted by Crippen LogP contribution is -2.39. The van der Waals surface area contributed by atoms with Crippen LogP contribution in [0, 0.1) is 5.41 Å². The molecule has 1 aliphatic rings. The van der Waals surface area contributed by atoms with Gasteiger partial charge in [-0.15, -0.1) is 0 Å². The largest absolute Gasteiger partial charge is 0.478 e. The van der Waals surface area contributed by atoms with Crippen molar-refractivity contribution in [1.82, 2.24) is 10.6 Å². The normalized spacial score (nSPS) is 15.3. The van der Waals surface area contributed by atoms with Crippen LogP contribution in [0.1, 0.15) is 42.1 Å². The monoisotopic (exact) mass is 290 g/mol. The molecule has 5 heteroatoms. The lowest BCUT2D eigenvalue weighted by atomic mass is 10.0. The minimum atomic E-state index is -0.933. The Bertz CT molecular complexity index is 524. The van der Waals surface area contributed by atoms with E-state index in [0.717, 1.165) is 18.5 Å². The van der Waals surface area contributed by atoms with Crippen LogP contribution in [0.15, 0.2) is 24.3 Å². The molecular weight excluding hydrogens is 268 g/mol. The average molecular weight is 290 g/mol. The molecule has 2 rings (SSSR count). The lowest BCUT2D eigenvalue weighted by molar-refractivity contribution is 0.0696. The molecule has 21 heavy (non-hydrogen) atoms. The predicted octanol–water partition coefficient (Wildman–Crippen LogP) is 2.42. The third-order valence-electron chi connectivity index (χ3n) is 4.20. The summed E-state index contributed by atoms with van der Waals surface area (Å²) in [5, 5.41) is 14.6. The first-order valence-electron chi connectivity index (χ1n) is 7.39. The zero-order valence-corrected chi connectivity index (χ0v) is 12.3. The number of carbonyl (C=O) groups excluding carboxylic acids is 1. The molecule has 2 amide bonds. The van der Waals surface area contributed by atoms with E-state index in [1.54, 1.807) is 18.2 Å². The van der Waals surface area contributed by atoms with E-state index in [2.05, 4.69) is 17.6 Å². The van der Waals surface area contributed by atoms with Crippen molar-refractivity contribution >= 4 is 12.0 Å². The number of hydrogen-bond acceptors (Lipinski definition) is 2. The number of aromatic carboxylic acids is 1. The number of rotatable bonds is 7. The smallest absolute Gasteiger partial charge is 0.335 e. The van der Waals surface area contributed by atoms with Gasteiger partial charge in [0.25, 0.3) is 0 Å². The molecular formula is C16H22N2O3. The fourth-order valence-corrected chi connectivity index (χ4v) is 2.34. The van der Waals surface area contributed by atoms with Gasteiger partial charge in [-0.25, -0.2) is 9.59 Å². The number of carboxylic acids is 1. The van der Waals surface area contributed by atoms with Crippen LogP contribution < -0.4 is 10.6 Å².